The van der Waals surface area contributed by atoms with E-state index in [9.17, 15) is 13.2 Å². The Morgan fingerprint density at radius 1 is 0.914 bits per heavy atom. The molecule has 1 unspecified atom stereocenters. The molecule has 2 aliphatic heterocycles. The van der Waals surface area contributed by atoms with Crippen molar-refractivity contribution in [1.29, 1.82) is 0 Å². The molecule has 0 bridgehead atoms. The maximum Gasteiger partial charge on any atom is 0.249 e. The second-order valence-corrected chi connectivity index (χ2v) is 11.4. The highest BCUT2D eigenvalue weighted by atomic mass is 32.2. The van der Waals surface area contributed by atoms with Gasteiger partial charge in [-0.2, -0.15) is 9.29 Å². The van der Waals surface area contributed by atoms with Crippen LogP contribution in [0.3, 0.4) is 0 Å². The van der Waals surface area contributed by atoms with E-state index in [-0.39, 0.29) is 17.9 Å². The summed E-state index contributed by atoms with van der Waals surface area (Å²) in [5.41, 5.74) is 3.05. The summed E-state index contributed by atoms with van der Waals surface area (Å²) >= 11 is 0. The molecule has 0 saturated carbocycles. The van der Waals surface area contributed by atoms with E-state index in [4.69, 9.17) is 4.52 Å². The van der Waals surface area contributed by atoms with Crippen LogP contribution in [-0.2, 0) is 14.8 Å². The average Bonchev–Trinajstić information content (AvgIpc) is 3.54. The maximum atomic E-state index is 13.4. The first-order valence-corrected chi connectivity index (χ1v) is 13.5. The lowest BCUT2D eigenvalue weighted by Gasteiger charge is -2.33. The van der Waals surface area contributed by atoms with Crippen LogP contribution in [0.15, 0.2) is 57.9 Å². The maximum absolute atomic E-state index is 13.4. The molecule has 2 aliphatic rings. The van der Waals surface area contributed by atoms with Crippen molar-refractivity contribution in [2.75, 3.05) is 19.6 Å². The lowest BCUT2D eigenvalue weighted by molar-refractivity contribution is -0.138. The van der Waals surface area contributed by atoms with Gasteiger partial charge >= 0.3 is 0 Å². The minimum atomic E-state index is -3.55. The van der Waals surface area contributed by atoms with Gasteiger partial charge in [0.2, 0.25) is 27.6 Å². The number of aryl methyl sites for hydroxylation is 2. The van der Waals surface area contributed by atoms with Crippen molar-refractivity contribution in [3.8, 4) is 11.4 Å². The first-order chi connectivity index (χ1) is 16.8. The van der Waals surface area contributed by atoms with Gasteiger partial charge in [-0.05, 0) is 51.7 Å². The van der Waals surface area contributed by atoms with Gasteiger partial charge in [0.15, 0.2) is 0 Å². The Labute approximate surface area is 206 Å². The highest BCUT2D eigenvalue weighted by molar-refractivity contribution is 7.89. The molecule has 35 heavy (non-hydrogen) atoms. The van der Waals surface area contributed by atoms with Crippen molar-refractivity contribution in [2.24, 2.45) is 5.92 Å². The van der Waals surface area contributed by atoms with Crippen LogP contribution in [0.4, 0.5) is 0 Å². The second kappa shape index (κ2) is 9.54. The number of hydrogen-bond acceptors (Lipinski definition) is 6. The fourth-order valence-corrected chi connectivity index (χ4v) is 6.38. The van der Waals surface area contributed by atoms with Gasteiger partial charge in [-0.1, -0.05) is 52.7 Å². The topological polar surface area (TPSA) is 96.6 Å². The lowest BCUT2D eigenvalue weighted by Crippen LogP contribution is -2.44. The van der Waals surface area contributed by atoms with Crippen LogP contribution in [0.1, 0.15) is 48.7 Å². The Bertz CT molecular complexity index is 1290. The minimum Gasteiger partial charge on any atom is -0.337 e. The van der Waals surface area contributed by atoms with E-state index in [0.29, 0.717) is 49.1 Å². The van der Waals surface area contributed by atoms with Crippen LogP contribution in [0.2, 0.25) is 0 Å². The van der Waals surface area contributed by atoms with Gasteiger partial charge in [0.1, 0.15) is 6.04 Å². The second-order valence-electron chi connectivity index (χ2n) is 9.50. The normalized spacial score (nSPS) is 19.8. The van der Waals surface area contributed by atoms with E-state index in [2.05, 4.69) is 10.1 Å². The zero-order valence-electron chi connectivity index (χ0n) is 20.1. The number of sulfonamides is 1. The lowest BCUT2D eigenvalue weighted by atomic mass is 9.96. The highest BCUT2D eigenvalue weighted by Crippen LogP contribution is 2.35. The van der Waals surface area contributed by atoms with Crippen molar-refractivity contribution in [2.45, 2.75) is 50.5 Å². The molecule has 1 atom stereocenters. The van der Waals surface area contributed by atoms with Crippen LogP contribution in [0, 0.1) is 19.8 Å². The van der Waals surface area contributed by atoms with Crippen molar-refractivity contribution < 1.29 is 17.7 Å². The fraction of sp³-hybridized carbons (Fsp3) is 0.423. The smallest absolute Gasteiger partial charge is 0.249 e. The molecular formula is C26H30N4O4S. The molecule has 8 nitrogen and oxygen atoms in total. The molecule has 0 N–H and O–H groups in total. The largest absolute Gasteiger partial charge is 0.337 e. The van der Waals surface area contributed by atoms with Crippen LogP contribution >= 0.6 is 0 Å². The zero-order valence-corrected chi connectivity index (χ0v) is 20.9. The Morgan fingerprint density at radius 3 is 2.20 bits per heavy atom. The number of rotatable bonds is 5. The van der Waals surface area contributed by atoms with Gasteiger partial charge in [0, 0.05) is 31.1 Å². The Kier molecular flexibility index (Phi) is 6.46. The number of piperidine rings is 1. The molecule has 2 aromatic carbocycles. The molecule has 0 spiro atoms. The average molecular weight is 495 g/mol. The highest BCUT2D eigenvalue weighted by Gasteiger charge is 2.39. The van der Waals surface area contributed by atoms with Gasteiger partial charge in [-0.25, -0.2) is 8.42 Å². The minimum absolute atomic E-state index is 0.0509. The molecule has 184 valence electrons. The summed E-state index contributed by atoms with van der Waals surface area (Å²) in [6.45, 7) is 5.27. The number of amides is 1. The third-order valence-electron chi connectivity index (χ3n) is 7.03. The first-order valence-electron chi connectivity index (χ1n) is 12.1. The number of hydrogen-bond donors (Lipinski definition) is 0. The van der Waals surface area contributed by atoms with E-state index in [1.807, 2.05) is 43.0 Å². The molecule has 0 radical (unpaired) electrons. The quantitative estimate of drug-likeness (QED) is 0.529. The van der Waals surface area contributed by atoms with E-state index >= 15 is 0 Å². The monoisotopic (exact) mass is 494 g/mol. The van der Waals surface area contributed by atoms with Crippen molar-refractivity contribution in [3.63, 3.8) is 0 Å². The first kappa shape index (κ1) is 23.7. The zero-order chi connectivity index (χ0) is 24.6. The van der Waals surface area contributed by atoms with E-state index in [1.165, 1.54) is 4.31 Å². The van der Waals surface area contributed by atoms with Crippen LogP contribution in [0.25, 0.3) is 11.4 Å². The SMILES string of the molecule is Cc1ccc(-c2noc(C3CCCN3C(=O)C3CCN(S(=O)(=O)c4ccc(C)cc4)CC3)n2)cc1. The summed E-state index contributed by atoms with van der Waals surface area (Å²) in [5, 5.41) is 4.14. The summed E-state index contributed by atoms with van der Waals surface area (Å²) in [6, 6.07) is 14.6. The van der Waals surface area contributed by atoms with Crippen molar-refractivity contribution >= 4 is 15.9 Å². The van der Waals surface area contributed by atoms with Gasteiger partial charge in [-0.3, -0.25) is 4.79 Å². The van der Waals surface area contributed by atoms with Crippen LogP contribution < -0.4 is 0 Å². The van der Waals surface area contributed by atoms with Gasteiger partial charge in [-0.15, -0.1) is 0 Å². The standard InChI is InChI=1S/C26H30N4O4S/c1-18-5-9-20(10-6-18)24-27-25(34-28-24)23-4-3-15-30(23)26(31)21-13-16-29(17-14-21)35(32,33)22-11-7-19(2)8-12-22/h5-12,21,23H,3-4,13-17H2,1-2H3. The predicted molar refractivity (Wildman–Crippen MR) is 131 cm³/mol. The van der Waals surface area contributed by atoms with E-state index in [1.54, 1.807) is 24.3 Å². The van der Waals surface area contributed by atoms with Gasteiger partial charge < -0.3 is 9.42 Å². The molecule has 3 aromatic rings. The number of benzene rings is 2. The molecule has 3 heterocycles. The van der Waals surface area contributed by atoms with Gasteiger partial charge in [0.05, 0.1) is 4.90 Å². The Hall–Kier alpha value is -3.04. The Balaban J connectivity index is 1.24. The third-order valence-corrected chi connectivity index (χ3v) is 8.95. The molecular weight excluding hydrogens is 464 g/mol. The summed E-state index contributed by atoms with van der Waals surface area (Å²) in [5.74, 6) is 0.828. The number of likely N-dealkylation sites (tertiary alicyclic amines) is 1. The molecule has 1 amide bonds. The third kappa shape index (κ3) is 4.75. The summed E-state index contributed by atoms with van der Waals surface area (Å²) < 4.78 is 33.1. The molecule has 9 heteroatoms. The predicted octanol–water partition coefficient (Wildman–Crippen LogP) is 4.12. The summed E-state index contributed by atoms with van der Waals surface area (Å²) in [7, 11) is -3.55. The summed E-state index contributed by atoms with van der Waals surface area (Å²) in [4.78, 5) is 20.2. The molecule has 2 saturated heterocycles. The number of carbonyl (C=O) groups is 1. The molecule has 1 aromatic heterocycles. The number of aromatic nitrogens is 2. The summed E-state index contributed by atoms with van der Waals surface area (Å²) in [6.07, 6.45) is 2.67. The van der Waals surface area contributed by atoms with E-state index < -0.39 is 10.0 Å². The van der Waals surface area contributed by atoms with Crippen molar-refractivity contribution in [1.82, 2.24) is 19.3 Å². The molecule has 5 rings (SSSR count). The number of carbonyl (C=O) groups excluding carboxylic acids is 1. The van der Waals surface area contributed by atoms with Gasteiger partial charge in [0.25, 0.3) is 0 Å². The Morgan fingerprint density at radius 2 is 1.54 bits per heavy atom. The molecule has 2 fully saturated rings. The van der Waals surface area contributed by atoms with Crippen LogP contribution in [0.5, 0.6) is 0 Å². The fourth-order valence-electron chi connectivity index (χ4n) is 4.91. The molecule has 0 aliphatic carbocycles. The van der Waals surface area contributed by atoms with Crippen LogP contribution in [-0.4, -0.2) is 53.3 Å². The van der Waals surface area contributed by atoms with E-state index in [0.717, 1.165) is 29.5 Å². The number of nitrogens with zero attached hydrogens (tertiary/aromatic N) is 4. The van der Waals surface area contributed by atoms with Crippen molar-refractivity contribution in [3.05, 3.63) is 65.5 Å².